The molecule has 2 aromatic carbocycles. The van der Waals surface area contributed by atoms with Gasteiger partial charge in [-0.05, 0) is 47.2 Å². The van der Waals surface area contributed by atoms with Crippen LogP contribution in [0.2, 0.25) is 0 Å². The average Bonchev–Trinajstić information content (AvgIpc) is 2.76. The minimum atomic E-state index is -4.31. The maximum Gasteiger partial charge on any atom is 0.417 e. The molecule has 0 unspecified atom stereocenters. The molecule has 1 aliphatic rings. The van der Waals surface area contributed by atoms with Gasteiger partial charge in [0.05, 0.1) is 5.56 Å². The minimum Gasteiger partial charge on any atom is -0.166 e. The van der Waals surface area contributed by atoms with Gasteiger partial charge in [-0.3, -0.25) is 0 Å². The summed E-state index contributed by atoms with van der Waals surface area (Å²) in [5.41, 5.74) is 3.30. The Hall–Kier alpha value is -2.03. The first kappa shape index (κ1) is 13.0. The fraction of sp³-hybridized carbons (Fsp3) is 0.176. The van der Waals surface area contributed by atoms with Gasteiger partial charge in [-0.1, -0.05) is 42.5 Å². The molecule has 0 atom stereocenters. The summed E-state index contributed by atoms with van der Waals surface area (Å²) in [6.45, 7) is 1.78. The van der Waals surface area contributed by atoms with E-state index in [0.717, 1.165) is 28.3 Å². The van der Waals surface area contributed by atoms with E-state index in [1.807, 2.05) is 30.3 Å². The molecule has 0 radical (unpaired) electrons. The second-order valence-electron chi connectivity index (χ2n) is 4.98. The highest BCUT2D eigenvalue weighted by molar-refractivity contribution is 5.97. The van der Waals surface area contributed by atoms with E-state index >= 15 is 0 Å². The third-order valence-electron chi connectivity index (χ3n) is 3.77. The number of benzene rings is 2. The first-order valence-electron chi connectivity index (χ1n) is 6.43. The molecule has 20 heavy (non-hydrogen) atoms. The van der Waals surface area contributed by atoms with Crippen molar-refractivity contribution < 1.29 is 13.2 Å². The van der Waals surface area contributed by atoms with E-state index in [0.29, 0.717) is 12.0 Å². The molecule has 0 heterocycles. The SMILES string of the molecule is CC1=C(c2ccccc2)Cc2cccc(C(F)(F)F)c21. The molecule has 3 rings (SSSR count). The van der Waals surface area contributed by atoms with Crippen LogP contribution in [0.25, 0.3) is 11.1 Å². The Morgan fingerprint density at radius 1 is 0.900 bits per heavy atom. The zero-order valence-corrected chi connectivity index (χ0v) is 11.0. The van der Waals surface area contributed by atoms with Crippen molar-refractivity contribution in [3.8, 4) is 0 Å². The van der Waals surface area contributed by atoms with Crippen LogP contribution in [-0.4, -0.2) is 0 Å². The number of hydrogen-bond acceptors (Lipinski definition) is 0. The van der Waals surface area contributed by atoms with Crippen molar-refractivity contribution in [3.05, 3.63) is 70.8 Å². The highest BCUT2D eigenvalue weighted by Gasteiger charge is 2.36. The van der Waals surface area contributed by atoms with Crippen molar-refractivity contribution in [2.45, 2.75) is 19.5 Å². The van der Waals surface area contributed by atoms with E-state index in [-0.39, 0.29) is 0 Å². The molecule has 0 saturated heterocycles. The fourth-order valence-electron chi connectivity index (χ4n) is 2.86. The lowest BCUT2D eigenvalue weighted by Gasteiger charge is -2.13. The van der Waals surface area contributed by atoms with Crippen molar-refractivity contribution in [3.63, 3.8) is 0 Å². The van der Waals surface area contributed by atoms with Gasteiger partial charge < -0.3 is 0 Å². The van der Waals surface area contributed by atoms with E-state index in [2.05, 4.69) is 0 Å². The topological polar surface area (TPSA) is 0 Å². The largest absolute Gasteiger partial charge is 0.417 e. The van der Waals surface area contributed by atoms with Crippen LogP contribution < -0.4 is 0 Å². The molecule has 0 spiro atoms. The highest BCUT2D eigenvalue weighted by atomic mass is 19.4. The van der Waals surface area contributed by atoms with Gasteiger partial charge in [0, 0.05) is 0 Å². The quantitative estimate of drug-likeness (QED) is 0.671. The molecule has 1 aliphatic carbocycles. The van der Waals surface area contributed by atoms with Crippen molar-refractivity contribution in [2.24, 2.45) is 0 Å². The van der Waals surface area contributed by atoms with E-state index in [9.17, 15) is 13.2 Å². The number of rotatable bonds is 1. The summed E-state index contributed by atoms with van der Waals surface area (Å²) in [4.78, 5) is 0. The second kappa shape index (κ2) is 4.51. The van der Waals surface area contributed by atoms with E-state index < -0.39 is 11.7 Å². The van der Waals surface area contributed by atoms with Gasteiger partial charge >= 0.3 is 6.18 Å². The Morgan fingerprint density at radius 3 is 2.25 bits per heavy atom. The lowest BCUT2D eigenvalue weighted by atomic mass is 9.98. The van der Waals surface area contributed by atoms with Crippen molar-refractivity contribution in [2.75, 3.05) is 0 Å². The zero-order chi connectivity index (χ0) is 14.3. The molecule has 0 saturated carbocycles. The Bertz CT molecular complexity index is 679. The number of allylic oxidation sites excluding steroid dienone is 2. The highest BCUT2D eigenvalue weighted by Crippen LogP contribution is 2.44. The van der Waals surface area contributed by atoms with Gasteiger partial charge in [-0.2, -0.15) is 13.2 Å². The maximum atomic E-state index is 13.1. The maximum absolute atomic E-state index is 13.1. The molecular formula is C17H13F3. The molecule has 0 fully saturated rings. The van der Waals surface area contributed by atoms with Gasteiger partial charge in [0.2, 0.25) is 0 Å². The smallest absolute Gasteiger partial charge is 0.166 e. The monoisotopic (exact) mass is 274 g/mol. The molecule has 0 amide bonds. The lowest BCUT2D eigenvalue weighted by molar-refractivity contribution is -0.137. The van der Waals surface area contributed by atoms with Crippen LogP contribution in [0.1, 0.15) is 29.2 Å². The Labute approximate surface area is 115 Å². The summed E-state index contributed by atoms with van der Waals surface area (Å²) in [5, 5.41) is 0. The van der Waals surface area contributed by atoms with Crippen LogP contribution in [0.15, 0.2) is 48.5 Å². The second-order valence-corrected chi connectivity index (χ2v) is 4.98. The Morgan fingerprint density at radius 2 is 1.60 bits per heavy atom. The summed E-state index contributed by atoms with van der Waals surface area (Å²) in [6, 6.07) is 14.0. The van der Waals surface area contributed by atoms with Gasteiger partial charge in [0.25, 0.3) is 0 Å². The zero-order valence-electron chi connectivity index (χ0n) is 11.0. The molecule has 0 aromatic heterocycles. The lowest BCUT2D eigenvalue weighted by Crippen LogP contribution is -2.08. The standard InChI is InChI=1S/C17H13F3/c1-11-14(12-6-3-2-4-7-12)10-13-8-5-9-15(16(11)13)17(18,19)20/h2-9H,10H2,1H3. The van der Waals surface area contributed by atoms with Crippen molar-refractivity contribution >= 4 is 11.1 Å². The van der Waals surface area contributed by atoms with Gasteiger partial charge in [0.1, 0.15) is 0 Å². The molecule has 102 valence electrons. The summed E-state index contributed by atoms with van der Waals surface area (Å²) in [7, 11) is 0. The molecule has 3 heteroatoms. The number of halogens is 3. The van der Waals surface area contributed by atoms with Crippen LogP contribution in [0.3, 0.4) is 0 Å². The minimum absolute atomic E-state index is 0.360. The summed E-state index contributed by atoms with van der Waals surface area (Å²) in [6.07, 6.45) is -3.74. The Kier molecular flexibility index (Phi) is 2.93. The number of alkyl halides is 3. The van der Waals surface area contributed by atoms with Crippen LogP contribution in [-0.2, 0) is 12.6 Å². The third-order valence-corrected chi connectivity index (χ3v) is 3.77. The summed E-state index contributed by atoms with van der Waals surface area (Å²) < 4.78 is 39.4. The van der Waals surface area contributed by atoms with Crippen LogP contribution in [0.5, 0.6) is 0 Å². The molecule has 2 aromatic rings. The average molecular weight is 274 g/mol. The number of fused-ring (bicyclic) bond motifs is 1. The Balaban J connectivity index is 2.18. The predicted octanol–water partition coefficient (Wildman–Crippen LogP) is 5.19. The van der Waals surface area contributed by atoms with E-state index in [1.54, 1.807) is 13.0 Å². The molecule has 0 aliphatic heterocycles. The van der Waals surface area contributed by atoms with Crippen molar-refractivity contribution in [1.82, 2.24) is 0 Å². The number of hydrogen-bond donors (Lipinski definition) is 0. The predicted molar refractivity (Wildman–Crippen MR) is 74.1 cm³/mol. The van der Waals surface area contributed by atoms with Gasteiger partial charge in [-0.15, -0.1) is 0 Å². The van der Waals surface area contributed by atoms with E-state index in [1.165, 1.54) is 6.07 Å². The van der Waals surface area contributed by atoms with Crippen LogP contribution >= 0.6 is 0 Å². The normalized spacial score (nSPS) is 14.6. The van der Waals surface area contributed by atoms with Crippen molar-refractivity contribution in [1.29, 1.82) is 0 Å². The molecule has 0 N–H and O–H groups in total. The molecule has 0 bridgehead atoms. The van der Waals surface area contributed by atoms with Gasteiger partial charge in [0.15, 0.2) is 0 Å². The first-order chi connectivity index (χ1) is 9.48. The van der Waals surface area contributed by atoms with Gasteiger partial charge in [-0.25, -0.2) is 0 Å². The molecular weight excluding hydrogens is 261 g/mol. The first-order valence-corrected chi connectivity index (χ1v) is 6.43. The summed E-state index contributed by atoms with van der Waals surface area (Å²) >= 11 is 0. The fourth-order valence-corrected chi connectivity index (χ4v) is 2.86. The summed E-state index contributed by atoms with van der Waals surface area (Å²) in [5.74, 6) is 0. The van der Waals surface area contributed by atoms with Crippen LogP contribution in [0, 0.1) is 0 Å². The van der Waals surface area contributed by atoms with Crippen LogP contribution in [0.4, 0.5) is 13.2 Å². The van der Waals surface area contributed by atoms with E-state index in [4.69, 9.17) is 0 Å². The third kappa shape index (κ3) is 2.03. The molecule has 0 nitrogen and oxygen atoms in total.